The van der Waals surface area contributed by atoms with Crippen LogP contribution in [0.5, 0.6) is 0 Å². The molecule has 1 saturated heterocycles. The molecule has 1 aromatic carbocycles. The van der Waals surface area contributed by atoms with Crippen LogP contribution in [0.1, 0.15) is 24.0 Å². The molecule has 3 nitrogen and oxygen atoms in total. The maximum absolute atomic E-state index is 5.61. The van der Waals surface area contributed by atoms with E-state index in [0.717, 1.165) is 38.6 Å². The van der Waals surface area contributed by atoms with Crippen molar-refractivity contribution in [1.82, 2.24) is 0 Å². The van der Waals surface area contributed by atoms with E-state index in [9.17, 15) is 0 Å². The Morgan fingerprint density at radius 2 is 2.05 bits per heavy atom. The lowest BCUT2D eigenvalue weighted by atomic mass is 9.99. The molecule has 19 heavy (non-hydrogen) atoms. The highest BCUT2D eigenvalue weighted by Crippen LogP contribution is 2.23. The Bertz CT molecular complexity index is 400. The largest absolute Gasteiger partial charge is 0.381 e. The topological polar surface area (TPSA) is 38.5 Å². The zero-order valence-electron chi connectivity index (χ0n) is 12.2. The monoisotopic (exact) mass is 262 g/mol. The van der Waals surface area contributed by atoms with Crippen LogP contribution in [0.4, 0.5) is 5.69 Å². The zero-order valence-corrected chi connectivity index (χ0v) is 12.2. The molecule has 106 valence electrons. The number of nitrogens with zero attached hydrogens (tertiary/aromatic N) is 1. The normalized spacial score (nSPS) is 16.6. The van der Waals surface area contributed by atoms with E-state index in [-0.39, 0.29) is 0 Å². The van der Waals surface area contributed by atoms with Crippen molar-refractivity contribution in [3.8, 4) is 0 Å². The Labute approximate surface area is 116 Å². The molecule has 0 aromatic heterocycles. The molecule has 0 aliphatic carbocycles. The molecular formula is C16H26N2O. The number of hydrogen-bond donors (Lipinski definition) is 1. The molecule has 1 heterocycles. The van der Waals surface area contributed by atoms with Gasteiger partial charge in [-0.25, -0.2) is 0 Å². The predicted molar refractivity (Wildman–Crippen MR) is 80.8 cm³/mol. The molecule has 1 aliphatic rings. The van der Waals surface area contributed by atoms with Gasteiger partial charge in [-0.2, -0.15) is 0 Å². The summed E-state index contributed by atoms with van der Waals surface area (Å²) >= 11 is 0. The van der Waals surface area contributed by atoms with E-state index >= 15 is 0 Å². The summed E-state index contributed by atoms with van der Waals surface area (Å²) < 4.78 is 5.42. The number of benzene rings is 1. The fourth-order valence-corrected chi connectivity index (χ4v) is 2.88. The summed E-state index contributed by atoms with van der Waals surface area (Å²) in [6, 6.07) is 6.71. The van der Waals surface area contributed by atoms with Gasteiger partial charge in [-0.05, 0) is 55.8 Å². The molecule has 0 spiro atoms. The fourth-order valence-electron chi connectivity index (χ4n) is 2.88. The molecule has 2 N–H and O–H groups in total. The van der Waals surface area contributed by atoms with Crippen molar-refractivity contribution < 1.29 is 4.74 Å². The Kier molecular flexibility index (Phi) is 5.23. The van der Waals surface area contributed by atoms with Crippen molar-refractivity contribution in [2.45, 2.75) is 26.2 Å². The molecule has 0 saturated carbocycles. The lowest BCUT2D eigenvalue weighted by molar-refractivity contribution is 0.0685. The quantitative estimate of drug-likeness (QED) is 0.885. The van der Waals surface area contributed by atoms with Crippen molar-refractivity contribution in [3.63, 3.8) is 0 Å². The maximum atomic E-state index is 5.61. The second kappa shape index (κ2) is 6.92. The average molecular weight is 262 g/mol. The third kappa shape index (κ3) is 3.95. The van der Waals surface area contributed by atoms with Crippen LogP contribution in [-0.2, 0) is 11.2 Å². The van der Waals surface area contributed by atoms with E-state index in [1.54, 1.807) is 0 Å². The molecule has 1 aliphatic heterocycles. The Hall–Kier alpha value is -1.06. The average Bonchev–Trinajstić information content (AvgIpc) is 2.40. The van der Waals surface area contributed by atoms with Crippen molar-refractivity contribution in [2.75, 3.05) is 38.3 Å². The Morgan fingerprint density at radius 1 is 1.32 bits per heavy atom. The van der Waals surface area contributed by atoms with Gasteiger partial charge in [0.1, 0.15) is 0 Å². The molecule has 0 atom stereocenters. The zero-order chi connectivity index (χ0) is 13.7. The summed E-state index contributed by atoms with van der Waals surface area (Å²) in [6.45, 7) is 5.88. The van der Waals surface area contributed by atoms with Crippen molar-refractivity contribution in [1.29, 1.82) is 0 Å². The van der Waals surface area contributed by atoms with Crippen LogP contribution < -0.4 is 10.6 Å². The van der Waals surface area contributed by atoms with Crippen LogP contribution in [0.3, 0.4) is 0 Å². The van der Waals surface area contributed by atoms with Crippen LogP contribution in [0, 0.1) is 12.8 Å². The molecule has 3 heteroatoms. The number of rotatable bonds is 5. The summed E-state index contributed by atoms with van der Waals surface area (Å²) in [5, 5.41) is 0. The first kappa shape index (κ1) is 14.4. The lowest BCUT2D eigenvalue weighted by Crippen LogP contribution is -2.29. The molecule has 1 aromatic rings. The van der Waals surface area contributed by atoms with Gasteiger partial charge in [0, 0.05) is 32.5 Å². The van der Waals surface area contributed by atoms with Crippen LogP contribution in [0.25, 0.3) is 0 Å². The molecule has 0 unspecified atom stereocenters. The first-order valence-corrected chi connectivity index (χ1v) is 7.29. The standard InChI is InChI=1S/C16H26N2O/c1-13-11-14(5-8-17)3-4-16(13)18(2)12-15-6-9-19-10-7-15/h3-4,11,15H,5-10,12,17H2,1-2H3. The summed E-state index contributed by atoms with van der Waals surface area (Å²) in [7, 11) is 2.19. The minimum Gasteiger partial charge on any atom is -0.381 e. The van der Waals surface area contributed by atoms with Crippen LogP contribution in [0.15, 0.2) is 18.2 Å². The van der Waals surface area contributed by atoms with Gasteiger partial charge in [-0.15, -0.1) is 0 Å². The highest BCUT2D eigenvalue weighted by atomic mass is 16.5. The van der Waals surface area contributed by atoms with Gasteiger partial charge in [-0.1, -0.05) is 12.1 Å². The lowest BCUT2D eigenvalue weighted by Gasteiger charge is -2.29. The molecule has 0 bridgehead atoms. The van der Waals surface area contributed by atoms with Gasteiger partial charge in [0.15, 0.2) is 0 Å². The molecule has 1 fully saturated rings. The highest BCUT2D eigenvalue weighted by molar-refractivity contribution is 5.54. The van der Waals surface area contributed by atoms with Gasteiger partial charge >= 0.3 is 0 Å². The molecule has 2 rings (SSSR count). The van der Waals surface area contributed by atoms with Gasteiger partial charge in [0.25, 0.3) is 0 Å². The number of anilines is 1. The number of aryl methyl sites for hydroxylation is 1. The van der Waals surface area contributed by atoms with Gasteiger partial charge in [-0.3, -0.25) is 0 Å². The smallest absolute Gasteiger partial charge is 0.0469 e. The van der Waals surface area contributed by atoms with Crippen LogP contribution >= 0.6 is 0 Å². The maximum Gasteiger partial charge on any atom is 0.0469 e. The second-order valence-corrected chi connectivity index (χ2v) is 5.60. The highest BCUT2D eigenvalue weighted by Gasteiger charge is 2.16. The molecule has 0 amide bonds. The number of ether oxygens (including phenoxy) is 1. The number of nitrogens with two attached hydrogens (primary N) is 1. The minimum atomic E-state index is 0.719. The van der Waals surface area contributed by atoms with E-state index in [2.05, 4.69) is 37.1 Å². The van der Waals surface area contributed by atoms with E-state index in [0.29, 0.717) is 0 Å². The first-order valence-electron chi connectivity index (χ1n) is 7.29. The summed E-state index contributed by atoms with van der Waals surface area (Å²) in [5.41, 5.74) is 9.63. The van der Waals surface area contributed by atoms with Crippen LogP contribution in [0.2, 0.25) is 0 Å². The minimum absolute atomic E-state index is 0.719. The fraction of sp³-hybridized carbons (Fsp3) is 0.625. The van der Waals surface area contributed by atoms with Gasteiger partial charge in [0.2, 0.25) is 0 Å². The van der Waals surface area contributed by atoms with Crippen molar-refractivity contribution >= 4 is 5.69 Å². The van der Waals surface area contributed by atoms with Crippen LogP contribution in [-0.4, -0.2) is 33.4 Å². The summed E-state index contributed by atoms with van der Waals surface area (Å²) in [5.74, 6) is 0.766. The summed E-state index contributed by atoms with van der Waals surface area (Å²) in [6.07, 6.45) is 3.34. The SMILES string of the molecule is Cc1cc(CCN)ccc1N(C)CC1CCOCC1. The van der Waals surface area contributed by atoms with E-state index in [1.807, 2.05) is 0 Å². The predicted octanol–water partition coefficient (Wildman–Crippen LogP) is 2.36. The van der Waals surface area contributed by atoms with E-state index in [4.69, 9.17) is 10.5 Å². The van der Waals surface area contributed by atoms with Crippen molar-refractivity contribution in [2.24, 2.45) is 11.7 Å². The molecule has 0 radical (unpaired) electrons. The third-order valence-electron chi connectivity index (χ3n) is 3.98. The second-order valence-electron chi connectivity index (χ2n) is 5.60. The van der Waals surface area contributed by atoms with Crippen molar-refractivity contribution in [3.05, 3.63) is 29.3 Å². The molecular weight excluding hydrogens is 236 g/mol. The first-order chi connectivity index (χ1) is 9.20. The van der Waals surface area contributed by atoms with Gasteiger partial charge < -0.3 is 15.4 Å². The van der Waals surface area contributed by atoms with E-state index < -0.39 is 0 Å². The van der Waals surface area contributed by atoms with Gasteiger partial charge in [0.05, 0.1) is 0 Å². The third-order valence-corrected chi connectivity index (χ3v) is 3.98. The summed E-state index contributed by atoms with van der Waals surface area (Å²) in [4.78, 5) is 2.39. The number of hydrogen-bond acceptors (Lipinski definition) is 3. The Morgan fingerprint density at radius 3 is 2.68 bits per heavy atom. The van der Waals surface area contributed by atoms with E-state index in [1.165, 1.54) is 29.7 Å². The Balaban J connectivity index is 1.99.